The van der Waals surface area contributed by atoms with Crippen LogP contribution < -0.4 is 5.73 Å². The Balaban J connectivity index is 2.92. The first-order valence-electron chi connectivity index (χ1n) is 3.75. The Morgan fingerprint density at radius 1 is 1.64 bits per heavy atom. The molecule has 7 heteroatoms. The number of nitrogens with two attached hydrogens (primary N) is 1. The lowest BCUT2D eigenvalue weighted by atomic mass is 10.2. The van der Waals surface area contributed by atoms with Crippen molar-refractivity contribution in [2.75, 3.05) is 0 Å². The maximum Gasteiger partial charge on any atom is 0.408 e. The average Bonchev–Trinajstić information content (AvgIpc) is 2.26. The molecule has 14 heavy (non-hydrogen) atoms. The van der Waals surface area contributed by atoms with Gasteiger partial charge in [0.05, 0.1) is 11.3 Å². The molecule has 0 fully saturated rings. The normalized spacial score (nSPS) is 11.7. The Labute approximate surface area is 78.0 Å². The maximum atomic E-state index is 11.9. The van der Waals surface area contributed by atoms with Gasteiger partial charge in [-0.3, -0.25) is 10.1 Å². The Kier molecular flexibility index (Phi) is 2.50. The molecule has 0 radical (unpaired) electrons. The molecule has 0 spiro atoms. The second-order valence-corrected chi connectivity index (χ2v) is 2.85. The molecule has 1 heterocycles. The Bertz CT molecular complexity index is 352. The van der Waals surface area contributed by atoms with Gasteiger partial charge in [0.25, 0.3) is 0 Å². The molecule has 1 rings (SSSR count). The van der Waals surface area contributed by atoms with Gasteiger partial charge < -0.3 is 5.73 Å². The molecule has 3 N–H and O–H groups in total. The predicted octanol–water partition coefficient (Wildman–Crippen LogP) is 1.04. The van der Waals surface area contributed by atoms with Crippen molar-refractivity contribution in [1.82, 2.24) is 9.78 Å². The van der Waals surface area contributed by atoms with Crippen molar-refractivity contribution in [3.63, 3.8) is 0 Å². The van der Waals surface area contributed by atoms with Gasteiger partial charge in [0, 0.05) is 6.20 Å². The summed E-state index contributed by atoms with van der Waals surface area (Å²) in [7, 11) is 0. The lowest BCUT2D eigenvalue weighted by molar-refractivity contribution is -0.142. The number of hydrogen-bond donors (Lipinski definition) is 2. The summed E-state index contributed by atoms with van der Waals surface area (Å²) in [5.74, 6) is -0.282. The minimum atomic E-state index is -4.31. The van der Waals surface area contributed by atoms with Crippen LogP contribution in [0.4, 0.5) is 13.2 Å². The fraction of sp³-hybridized carbons (Fsp3) is 0.429. The molecule has 0 atom stereocenters. The van der Waals surface area contributed by atoms with Gasteiger partial charge in [0.2, 0.25) is 0 Å². The van der Waals surface area contributed by atoms with E-state index in [1.165, 1.54) is 6.92 Å². The van der Waals surface area contributed by atoms with Crippen LogP contribution in [0.25, 0.3) is 0 Å². The molecule has 0 amide bonds. The van der Waals surface area contributed by atoms with Crippen molar-refractivity contribution in [2.45, 2.75) is 19.6 Å². The van der Waals surface area contributed by atoms with Crippen LogP contribution in [0.2, 0.25) is 0 Å². The van der Waals surface area contributed by atoms with Crippen LogP contribution in [0, 0.1) is 12.3 Å². The molecule has 0 unspecified atom stereocenters. The zero-order valence-corrected chi connectivity index (χ0v) is 7.39. The van der Waals surface area contributed by atoms with E-state index in [1.54, 1.807) is 0 Å². The van der Waals surface area contributed by atoms with Gasteiger partial charge in [-0.2, -0.15) is 18.3 Å². The molecule has 78 valence electrons. The van der Waals surface area contributed by atoms with Crippen LogP contribution in [-0.2, 0) is 6.54 Å². The molecule has 0 aromatic carbocycles. The minimum Gasteiger partial charge on any atom is -0.384 e. The second-order valence-electron chi connectivity index (χ2n) is 2.85. The number of amidine groups is 1. The van der Waals surface area contributed by atoms with Crippen LogP contribution in [0.1, 0.15) is 11.3 Å². The highest BCUT2D eigenvalue weighted by Gasteiger charge is 2.28. The van der Waals surface area contributed by atoms with E-state index in [0.717, 1.165) is 10.9 Å². The van der Waals surface area contributed by atoms with E-state index in [9.17, 15) is 13.2 Å². The number of alkyl halides is 3. The van der Waals surface area contributed by atoms with Crippen molar-refractivity contribution in [2.24, 2.45) is 5.73 Å². The Morgan fingerprint density at radius 2 is 2.21 bits per heavy atom. The van der Waals surface area contributed by atoms with Crippen LogP contribution in [0.15, 0.2) is 6.20 Å². The van der Waals surface area contributed by atoms with Crippen molar-refractivity contribution < 1.29 is 13.2 Å². The lowest BCUT2D eigenvalue weighted by Crippen LogP contribution is -2.18. The van der Waals surface area contributed by atoms with Crippen molar-refractivity contribution in [3.05, 3.63) is 17.5 Å². The number of aryl methyl sites for hydroxylation is 1. The maximum absolute atomic E-state index is 11.9. The summed E-state index contributed by atoms with van der Waals surface area (Å²) >= 11 is 0. The minimum absolute atomic E-state index is 0.231. The van der Waals surface area contributed by atoms with Crippen molar-refractivity contribution in [3.8, 4) is 0 Å². The summed E-state index contributed by atoms with van der Waals surface area (Å²) in [6.45, 7) is 0.338. The molecule has 0 saturated heterocycles. The Hall–Kier alpha value is -1.53. The third-order valence-electron chi connectivity index (χ3n) is 1.58. The van der Waals surface area contributed by atoms with Crippen LogP contribution in [0.5, 0.6) is 0 Å². The fourth-order valence-electron chi connectivity index (χ4n) is 1.05. The zero-order chi connectivity index (χ0) is 10.9. The van der Waals surface area contributed by atoms with Gasteiger partial charge >= 0.3 is 6.18 Å². The lowest BCUT2D eigenvalue weighted by Gasteiger charge is -2.04. The first kappa shape index (κ1) is 10.6. The number of halogens is 3. The van der Waals surface area contributed by atoms with E-state index in [0.29, 0.717) is 5.69 Å². The molecule has 0 bridgehead atoms. The van der Waals surface area contributed by atoms with E-state index >= 15 is 0 Å². The second kappa shape index (κ2) is 3.32. The molecular formula is C7H9F3N4. The quantitative estimate of drug-likeness (QED) is 0.560. The highest BCUT2D eigenvalue weighted by Crippen LogP contribution is 2.17. The number of nitrogen functional groups attached to an aromatic ring is 1. The molecule has 1 aromatic heterocycles. The molecule has 1 aromatic rings. The highest BCUT2D eigenvalue weighted by atomic mass is 19.4. The summed E-state index contributed by atoms with van der Waals surface area (Å²) in [5, 5.41) is 10.7. The third-order valence-corrected chi connectivity index (χ3v) is 1.58. The van der Waals surface area contributed by atoms with E-state index in [-0.39, 0.29) is 11.4 Å². The smallest absolute Gasteiger partial charge is 0.384 e. The van der Waals surface area contributed by atoms with Gasteiger partial charge in [-0.15, -0.1) is 0 Å². The molecular weight excluding hydrogens is 197 g/mol. The number of hydrogen-bond acceptors (Lipinski definition) is 2. The van der Waals surface area contributed by atoms with Gasteiger partial charge in [0.1, 0.15) is 12.4 Å². The standard InChI is InChI=1S/C7H9F3N4/c1-4-5(6(11)12)2-14(13-4)3-7(8,9)10/h2H,3H2,1H3,(H3,11,12). The van der Waals surface area contributed by atoms with Gasteiger partial charge in [-0.1, -0.05) is 0 Å². The average molecular weight is 206 g/mol. The first-order valence-corrected chi connectivity index (χ1v) is 3.75. The number of nitrogens with one attached hydrogen (secondary N) is 1. The van der Waals surface area contributed by atoms with E-state index in [2.05, 4.69) is 5.10 Å². The summed E-state index contributed by atoms with van der Waals surface area (Å²) in [6, 6.07) is 0. The highest BCUT2D eigenvalue weighted by molar-refractivity contribution is 5.95. The summed E-state index contributed by atoms with van der Waals surface area (Å²) in [5.41, 5.74) is 5.69. The van der Waals surface area contributed by atoms with Crippen molar-refractivity contribution >= 4 is 5.84 Å². The van der Waals surface area contributed by atoms with Gasteiger partial charge in [0.15, 0.2) is 0 Å². The van der Waals surface area contributed by atoms with E-state index < -0.39 is 12.7 Å². The van der Waals surface area contributed by atoms with Crippen LogP contribution in [0.3, 0.4) is 0 Å². The Morgan fingerprint density at radius 3 is 2.57 bits per heavy atom. The fourth-order valence-corrected chi connectivity index (χ4v) is 1.05. The molecule has 0 saturated carbocycles. The number of aromatic nitrogens is 2. The summed E-state index contributed by atoms with van der Waals surface area (Å²) in [6.07, 6.45) is -3.20. The van der Waals surface area contributed by atoms with Crippen LogP contribution in [-0.4, -0.2) is 21.8 Å². The largest absolute Gasteiger partial charge is 0.408 e. The van der Waals surface area contributed by atoms with E-state index in [1.807, 2.05) is 0 Å². The predicted molar refractivity (Wildman–Crippen MR) is 44.0 cm³/mol. The van der Waals surface area contributed by atoms with Gasteiger partial charge in [-0.25, -0.2) is 0 Å². The monoisotopic (exact) mass is 206 g/mol. The van der Waals surface area contributed by atoms with Crippen LogP contribution >= 0.6 is 0 Å². The molecule has 0 aliphatic carbocycles. The SMILES string of the molecule is Cc1nn(CC(F)(F)F)cc1C(=N)N. The number of rotatable bonds is 2. The van der Waals surface area contributed by atoms with E-state index in [4.69, 9.17) is 11.1 Å². The topological polar surface area (TPSA) is 67.7 Å². The van der Waals surface area contributed by atoms with Gasteiger partial charge in [-0.05, 0) is 6.92 Å². The molecule has 4 nitrogen and oxygen atoms in total. The summed E-state index contributed by atoms with van der Waals surface area (Å²) < 4.78 is 36.5. The van der Waals surface area contributed by atoms with Crippen molar-refractivity contribution in [1.29, 1.82) is 5.41 Å². The molecule has 0 aliphatic rings. The molecule has 0 aliphatic heterocycles. The first-order chi connectivity index (χ1) is 6.29. The zero-order valence-electron chi connectivity index (χ0n) is 7.39. The third kappa shape index (κ3) is 2.48. The number of nitrogens with zero attached hydrogens (tertiary/aromatic N) is 2. The summed E-state index contributed by atoms with van der Waals surface area (Å²) in [4.78, 5) is 0.